The molecule has 0 amide bonds. The second-order valence-electron chi connectivity index (χ2n) is 8.62. The summed E-state index contributed by atoms with van der Waals surface area (Å²) in [4.78, 5) is 27.7. The smallest absolute Gasteiger partial charge is 0.304 e. The van der Waals surface area contributed by atoms with Gasteiger partial charge in [-0.05, 0) is 47.5 Å². The lowest BCUT2D eigenvalue weighted by atomic mass is 9.91. The molecule has 1 unspecified atom stereocenters. The Bertz CT molecular complexity index is 1130. The van der Waals surface area contributed by atoms with E-state index >= 15 is 0 Å². The summed E-state index contributed by atoms with van der Waals surface area (Å²) in [6.07, 6.45) is 2.43. The number of carbonyl (C=O) groups is 2. The first-order valence-corrected chi connectivity index (χ1v) is 10.3. The minimum Gasteiger partial charge on any atom is -0.496 e. The molecule has 1 heterocycles. The van der Waals surface area contributed by atoms with Crippen LogP contribution in [0.2, 0.25) is 0 Å². The fourth-order valence-corrected chi connectivity index (χ4v) is 3.27. The molecule has 1 N–H and O–H groups in total. The number of benzene rings is 2. The van der Waals surface area contributed by atoms with Gasteiger partial charge in [0.2, 0.25) is 5.89 Å². The Morgan fingerprint density at radius 3 is 2.55 bits per heavy atom. The molecule has 2 aromatic carbocycles. The highest BCUT2D eigenvalue weighted by Crippen LogP contribution is 2.37. The van der Waals surface area contributed by atoms with Crippen LogP contribution in [0.5, 0.6) is 11.5 Å². The molecular formula is C25H26FNO6. The van der Waals surface area contributed by atoms with Crippen molar-refractivity contribution in [1.29, 1.82) is 0 Å². The Kier molecular flexibility index (Phi) is 7.16. The van der Waals surface area contributed by atoms with Crippen molar-refractivity contribution in [1.82, 2.24) is 4.98 Å². The van der Waals surface area contributed by atoms with Crippen molar-refractivity contribution in [3.05, 3.63) is 66.1 Å². The first-order valence-electron chi connectivity index (χ1n) is 10.3. The lowest BCUT2D eigenvalue weighted by Crippen LogP contribution is -2.26. The summed E-state index contributed by atoms with van der Waals surface area (Å²) in [5.41, 5.74) is 0.842. The van der Waals surface area contributed by atoms with E-state index in [1.54, 1.807) is 24.3 Å². The number of carbonyl (C=O) groups excluding carboxylic acids is 1. The second-order valence-corrected chi connectivity index (χ2v) is 8.62. The van der Waals surface area contributed by atoms with E-state index < -0.39 is 23.1 Å². The number of carboxylic acid groups (broad SMARTS) is 1. The zero-order chi connectivity index (χ0) is 24.2. The van der Waals surface area contributed by atoms with Gasteiger partial charge in [0.15, 0.2) is 5.78 Å². The summed E-state index contributed by atoms with van der Waals surface area (Å²) < 4.78 is 31.1. The van der Waals surface area contributed by atoms with Gasteiger partial charge in [-0.1, -0.05) is 20.8 Å². The monoisotopic (exact) mass is 455 g/mol. The molecule has 0 saturated heterocycles. The molecule has 0 radical (unpaired) electrons. The number of halogens is 1. The summed E-state index contributed by atoms with van der Waals surface area (Å²) >= 11 is 0. The number of Topliss-reactive ketones (excluding diaryl/α,β-unsaturated/α-hetero) is 1. The van der Waals surface area contributed by atoms with E-state index in [0.717, 1.165) is 0 Å². The predicted molar refractivity (Wildman–Crippen MR) is 119 cm³/mol. The molecule has 3 aromatic rings. The van der Waals surface area contributed by atoms with Crippen molar-refractivity contribution in [2.75, 3.05) is 13.7 Å². The first-order chi connectivity index (χ1) is 15.6. The van der Waals surface area contributed by atoms with Crippen molar-refractivity contribution < 1.29 is 33.0 Å². The van der Waals surface area contributed by atoms with E-state index in [1.165, 1.54) is 31.7 Å². The molecule has 0 aliphatic carbocycles. The average Bonchev–Trinajstić information content (AvgIpc) is 3.29. The van der Waals surface area contributed by atoms with Gasteiger partial charge in [-0.2, -0.15) is 0 Å². The number of hydrogen-bond acceptors (Lipinski definition) is 6. The number of ketones is 1. The van der Waals surface area contributed by atoms with Crippen LogP contribution in [0.1, 0.15) is 44.6 Å². The molecule has 0 aliphatic heterocycles. The zero-order valence-corrected chi connectivity index (χ0v) is 18.9. The molecule has 0 bridgehead atoms. The third-order valence-electron chi connectivity index (χ3n) is 5.14. The quantitative estimate of drug-likeness (QED) is 0.480. The molecule has 174 valence electrons. The minimum atomic E-state index is -1.07. The fourth-order valence-electron chi connectivity index (χ4n) is 3.27. The van der Waals surface area contributed by atoms with Crippen LogP contribution in [0, 0.1) is 11.2 Å². The number of ether oxygens (including phenoxy) is 2. The third kappa shape index (κ3) is 5.97. The molecule has 1 aromatic heterocycles. The molecule has 1 atom stereocenters. The van der Waals surface area contributed by atoms with Gasteiger partial charge in [0.05, 0.1) is 25.6 Å². The Balaban J connectivity index is 2.00. The maximum atomic E-state index is 14.7. The Morgan fingerprint density at radius 2 is 1.94 bits per heavy atom. The molecule has 0 aliphatic rings. The standard InChI is InChI=1S/C25H26FNO6/c1-25(2,3)22(28)14-33-18-5-6-21(31-4)19(12-18)15-9-16(11-17(26)10-15)20(13-23(29)30)24-27-7-8-32-24/h5-12,20H,13-14H2,1-4H3,(H,29,30). The minimum absolute atomic E-state index is 0.0598. The van der Waals surface area contributed by atoms with Crippen LogP contribution >= 0.6 is 0 Å². The topological polar surface area (TPSA) is 98.9 Å². The number of nitrogens with zero attached hydrogens (tertiary/aromatic N) is 1. The zero-order valence-electron chi connectivity index (χ0n) is 18.9. The molecule has 0 saturated carbocycles. The highest BCUT2D eigenvalue weighted by atomic mass is 19.1. The van der Waals surface area contributed by atoms with Crippen LogP contribution in [0.3, 0.4) is 0 Å². The van der Waals surface area contributed by atoms with E-state index in [0.29, 0.717) is 28.2 Å². The van der Waals surface area contributed by atoms with Gasteiger partial charge in [-0.25, -0.2) is 9.37 Å². The van der Waals surface area contributed by atoms with Crippen molar-refractivity contribution >= 4 is 11.8 Å². The summed E-state index contributed by atoms with van der Waals surface area (Å²) in [5, 5.41) is 9.35. The highest BCUT2D eigenvalue weighted by molar-refractivity contribution is 5.85. The number of oxazole rings is 1. The Hall–Kier alpha value is -3.68. The average molecular weight is 455 g/mol. The third-order valence-corrected chi connectivity index (χ3v) is 5.14. The second kappa shape index (κ2) is 9.85. The largest absolute Gasteiger partial charge is 0.496 e. The molecular weight excluding hydrogens is 429 g/mol. The van der Waals surface area contributed by atoms with Gasteiger partial charge in [-0.15, -0.1) is 0 Å². The van der Waals surface area contributed by atoms with Gasteiger partial charge in [-0.3, -0.25) is 9.59 Å². The van der Waals surface area contributed by atoms with Crippen LogP contribution in [0.15, 0.2) is 53.3 Å². The Labute approximate surface area is 191 Å². The van der Waals surface area contributed by atoms with Crippen LogP contribution in [0.4, 0.5) is 4.39 Å². The maximum absolute atomic E-state index is 14.7. The van der Waals surface area contributed by atoms with E-state index in [1.807, 2.05) is 20.8 Å². The van der Waals surface area contributed by atoms with Crippen LogP contribution in [-0.2, 0) is 9.59 Å². The van der Waals surface area contributed by atoms with Crippen LogP contribution in [0.25, 0.3) is 11.1 Å². The molecule has 8 heteroatoms. The molecule has 3 rings (SSSR count). The van der Waals surface area contributed by atoms with E-state index in [-0.39, 0.29) is 24.7 Å². The van der Waals surface area contributed by atoms with Crippen molar-refractivity contribution in [2.24, 2.45) is 5.41 Å². The summed E-state index contributed by atoms with van der Waals surface area (Å²) in [6, 6.07) is 9.24. The number of hydrogen-bond donors (Lipinski definition) is 1. The predicted octanol–water partition coefficient (Wildman–Crippen LogP) is 5.09. The number of aromatic nitrogens is 1. The number of rotatable bonds is 9. The highest BCUT2D eigenvalue weighted by Gasteiger charge is 2.24. The van der Waals surface area contributed by atoms with Gasteiger partial charge in [0, 0.05) is 11.0 Å². The van der Waals surface area contributed by atoms with E-state index in [2.05, 4.69) is 4.98 Å². The van der Waals surface area contributed by atoms with Gasteiger partial charge < -0.3 is 19.0 Å². The molecule has 7 nitrogen and oxygen atoms in total. The van der Waals surface area contributed by atoms with Gasteiger partial charge >= 0.3 is 5.97 Å². The Morgan fingerprint density at radius 1 is 1.18 bits per heavy atom. The number of methoxy groups -OCH3 is 1. The van der Waals surface area contributed by atoms with E-state index in [4.69, 9.17) is 13.9 Å². The van der Waals surface area contributed by atoms with Crippen LogP contribution in [-0.4, -0.2) is 35.6 Å². The SMILES string of the molecule is COc1ccc(OCC(=O)C(C)(C)C)cc1-c1cc(F)cc(C(CC(=O)O)c2ncco2)c1. The van der Waals surface area contributed by atoms with Crippen molar-refractivity contribution in [3.63, 3.8) is 0 Å². The van der Waals surface area contributed by atoms with Gasteiger partial charge in [0.1, 0.15) is 30.2 Å². The van der Waals surface area contributed by atoms with Crippen molar-refractivity contribution in [2.45, 2.75) is 33.1 Å². The molecule has 0 fully saturated rings. The fraction of sp³-hybridized carbons (Fsp3) is 0.320. The number of aliphatic carboxylic acids is 1. The van der Waals surface area contributed by atoms with E-state index in [9.17, 15) is 19.1 Å². The summed E-state index contributed by atoms with van der Waals surface area (Å²) in [5.74, 6) is -1.40. The lowest BCUT2D eigenvalue weighted by molar-refractivity contribution is -0.137. The van der Waals surface area contributed by atoms with Gasteiger partial charge in [0.25, 0.3) is 0 Å². The van der Waals surface area contributed by atoms with Crippen LogP contribution < -0.4 is 9.47 Å². The summed E-state index contributed by atoms with van der Waals surface area (Å²) in [6.45, 7) is 5.34. The normalized spacial score (nSPS) is 12.3. The van der Waals surface area contributed by atoms with Crippen molar-refractivity contribution in [3.8, 4) is 22.6 Å². The molecule has 33 heavy (non-hydrogen) atoms. The lowest BCUT2D eigenvalue weighted by Gasteiger charge is -2.18. The number of carboxylic acids is 1. The molecule has 0 spiro atoms. The first kappa shape index (κ1) is 24.0. The maximum Gasteiger partial charge on any atom is 0.304 e. The summed E-state index contributed by atoms with van der Waals surface area (Å²) in [7, 11) is 1.49.